The van der Waals surface area contributed by atoms with E-state index in [0.717, 1.165) is 11.3 Å². The van der Waals surface area contributed by atoms with Gasteiger partial charge in [-0.3, -0.25) is 0 Å². The summed E-state index contributed by atoms with van der Waals surface area (Å²) in [7, 11) is 1.62. The van der Waals surface area contributed by atoms with Crippen molar-refractivity contribution in [2.75, 3.05) is 7.11 Å². The van der Waals surface area contributed by atoms with E-state index in [2.05, 4.69) is 10.2 Å². The summed E-state index contributed by atoms with van der Waals surface area (Å²) < 4.78 is 10.9. The summed E-state index contributed by atoms with van der Waals surface area (Å²) in [5, 5.41) is 8.13. The number of benzene rings is 1. The molecule has 0 bridgehead atoms. The molecule has 0 N–H and O–H groups in total. The van der Waals surface area contributed by atoms with Gasteiger partial charge in [-0.1, -0.05) is 32.9 Å². The summed E-state index contributed by atoms with van der Waals surface area (Å²) >= 11 is 0. The van der Waals surface area contributed by atoms with Crippen LogP contribution in [0.1, 0.15) is 26.7 Å². The molecule has 90 valence electrons. The molecule has 4 heteroatoms. The monoisotopic (exact) mass is 232 g/mol. The van der Waals surface area contributed by atoms with Crippen molar-refractivity contribution in [3.05, 3.63) is 30.2 Å². The molecule has 0 amide bonds. The van der Waals surface area contributed by atoms with Crippen LogP contribution in [-0.4, -0.2) is 17.3 Å². The van der Waals surface area contributed by atoms with Gasteiger partial charge in [0.25, 0.3) is 5.89 Å². The van der Waals surface area contributed by atoms with Gasteiger partial charge in [0, 0.05) is 5.41 Å². The van der Waals surface area contributed by atoms with Crippen LogP contribution in [0.25, 0.3) is 11.5 Å². The summed E-state index contributed by atoms with van der Waals surface area (Å²) in [5.41, 5.74) is 0.672. The van der Waals surface area contributed by atoms with Crippen LogP contribution in [0.3, 0.4) is 0 Å². The smallest absolute Gasteiger partial charge is 0.251 e. The van der Waals surface area contributed by atoms with Crippen molar-refractivity contribution in [3.8, 4) is 17.2 Å². The van der Waals surface area contributed by atoms with E-state index in [4.69, 9.17) is 9.15 Å². The Morgan fingerprint density at radius 3 is 2.41 bits per heavy atom. The molecule has 2 rings (SSSR count). The lowest BCUT2D eigenvalue weighted by atomic mass is 9.97. The quantitative estimate of drug-likeness (QED) is 0.798. The topological polar surface area (TPSA) is 48.2 Å². The normalized spacial score (nSPS) is 11.5. The lowest BCUT2D eigenvalue weighted by Gasteiger charge is -2.11. The first kappa shape index (κ1) is 11.6. The lowest BCUT2D eigenvalue weighted by molar-refractivity contribution is 0.393. The van der Waals surface area contributed by atoms with Gasteiger partial charge in [0.15, 0.2) is 0 Å². The van der Waals surface area contributed by atoms with Crippen molar-refractivity contribution in [2.45, 2.75) is 26.2 Å². The van der Waals surface area contributed by atoms with E-state index < -0.39 is 0 Å². The molecule has 4 nitrogen and oxygen atoms in total. The predicted molar refractivity (Wildman–Crippen MR) is 65.0 cm³/mol. The van der Waals surface area contributed by atoms with E-state index in [0.29, 0.717) is 11.8 Å². The van der Waals surface area contributed by atoms with E-state index in [1.165, 1.54) is 0 Å². The van der Waals surface area contributed by atoms with Crippen LogP contribution in [0.4, 0.5) is 0 Å². The molecule has 0 saturated heterocycles. The highest BCUT2D eigenvalue weighted by atomic mass is 16.5. The predicted octanol–water partition coefficient (Wildman–Crippen LogP) is 3.04. The van der Waals surface area contributed by atoms with E-state index in [-0.39, 0.29) is 5.41 Å². The number of nitrogens with zero attached hydrogens (tertiary/aromatic N) is 2. The zero-order valence-corrected chi connectivity index (χ0v) is 10.5. The highest BCUT2D eigenvalue weighted by molar-refractivity contribution is 5.62. The molecule has 17 heavy (non-hydrogen) atoms. The van der Waals surface area contributed by atoms with Crippen molar-refractivity contribution >= 4 is 0 Å². The Kier molecular flexibility index (Phi) is 2.88. The Bertz CT molecular complexity index is 512. The molecule has 0 aliphatic carbocycles. The Morgan fingerprint density at radius 1 is 1.12 bits per heavy atom. The molecule has 0 atom stereocenters. The molecule has 0 aliphatic rings. The van der Waals surface area contributed by atoms with Crippen LogP contribution in [-0.2, 0) is 5.41 Å². The number of methoxy groups -OCH3 is 1. The number of para-hydroxylation sites is 1. The molecule has 0 radical (unpaired) electrons. The zero-order chi connectivity index (χ0) is 12.5. The molecule has 1 heterocycles. The molecular formula is C13H16N2O2. The van der Waals surface area contributed by atoms with Gasteiger partial charge in [0.1, 0.15) is 5.75 Å². The molecule has 0 spiro atoms. The first-order chi connectivity index (χ1) is 8.02. The lowest BCUT2D eigenvalue weighted by Crippen LogP contribution is -2.11. The fourth-order valence-corrected chi connectivity index (χ4v) is 1.46. The maximum atomic E-state index is 5.67. The molecule has 0 fully saturated rings. The SMILES string of the molecule is COc1ccccc1-c1nnc(C(C)(C)C)o1. The Morgan fingerprint density at radius 2 is 1.82 bits per heavy atom. The fourth-order valence-electron chi connectivity index (χ4n) is 1.46. The number of rotatable bonds is 2. The van der Waals surface area contributed by atoms with Gasteiger partial charge >= 0.3 is 0 Å². The third kappa shape index (κ3) is 2.30. The third-order valence-electron chi connectivity index (χ3n) is 2.40. The number of aromatic nitrogens is 2. The summed E-state index contributed by atoms with van der Waals surface area (Å²) in [6.07, 6.45) is 0. The first-order valence-electron chi connectivity index (χ1n) is 5.50. The highest BCUT2D eigenvalue weighted by Crippen LogP contribution is 2.30. The maximum absolute atomic E-state index is 5.67. The second-order valence-electron chi connectivity index (χ2n) is 4.86. The zero-order valence-electron chi connectivity index (χ0n) is 10.5. The van der Waals surface area contributed by atoms with Gasteiger partial charge < -0.3 is 9.15 Å². The van der Waals surface area contributed by atoms with Gasteiger partial charge in [0.2, 0.25) is 5.89 Å². The molecular weight excluding hydrogens is 216 g/mol. The Balaban J connectivity index is 2.44. The average Bonchev–Trinajstić information content (AvgIpc) is 2.77. The standard InChI is InChI=1S/C13H16N2O2/c1-13(2,3)12-15-14-11(17-12)9-7-5-6-8-10(9)16-4/h5-8H,1-4H3. The third-order valence-corrected chi connectivity index (χ3v) is 2.40. The van der Waals surface area contributed by atoms with Gasteiger partial charge in [-0.15, -0.1) is 10.2 Å². The minimum absolute atomic E-state index is 0.146. The van der Waals surface area contributed by atoms with Crippen molar-refractivity contribution in [2.24, 2.45) is 0 Å². The second kappa shape index (κ2) is 4.20. The van der Waals surface area contributed by atoms with Crippen LogP contribution in [0.15, 0.2) is 28.7 Å². The molecule has 2 aromatic rings. The van der Waals surface area contributed by atoms with Gasteiger partial charge in [-0.05, 0) is 12.1 Å². The minimum atomic E-state index is -0.146. The van der Waals surface area contributed by atoms with Crippen LogP contribution in [0.5, 0.6) is 5.75 Å². The minimum Gasteiger partial charge on any atom is -0.496 e. The van der Waals surface area contributed by atoms with Crippen LogP contribution in [0.2, 0.25) is 0 Å². The van der Waals surface area contributed by atoms with Crippen LogP contribution < -0.4 is 4.74 Å². The van der Waals surface area contributed by atoms with Crippen molar-refractivity contribution in [1.82, 2.24) is 10.2 Å². The highest BCUT2D eigenvalue weighted by Gasteiger charge is 2.22. The Hall–Kier alpha value is -1.84. The van der Waals surface area contributed by atoms with Gasteiger partial charge in [0.05, 0.1) is 12.7 Å². The average molecular weight is 232 g/mol. The van der Waals surface area contributed by atoms with Crippen molar-refractivity contribution < 1.29 is 9.15 Å². The van der Waals surface area contributed by atoms with Crippen molar-refractivity contribution in [3.63, 3.8) is 0 Å². The molecule has 0 saturated carbocycles. The van der Waals surface area contributed by atoms with E-state index in [1.54, 1.807) is 7.11 Å². The second-order valence-corrected chi connectivity index (χ2v) is 4.86. The summed E-state index contributed by atoms with van der Waals surface area (Å²) in [4.78, 5) is 0. The van der Waals surface area contributed by atoms with Gasteiger partial charge in [-0.2, -0.15) is 0 Å². The summed E-state index contributed by atoms with van der Waals surface area (Å²) in [6.45, 7) is 6.10. The fraction of sp³-hybridized carbons (Fsp3) is 0.385. The maximum Gasteiger partial charge on any atom is 0.251 e. The molecule has 1 aromatic carbocycles. The largest absolute Gasteiger partial charge is 0.496 e. The van der Waals surface area contributed by atoms with Crippen molar-refractivity contribution in [1.29, 1.82) is 0 Å². The van der Waals surface area contributed by atoms with Crippen LogP contribution in [0, 0.1) is 0 Å². The van der Waals surface area contributed by atoms with E-state index in [1.807, 2.05) is 45.0 Å². The number of hydrogen-bond donors (Lipinski definition) is 0. The van der Waals surface area contributed by atoms with Gasteiger partial charge in [-0.25, -0.2) is 0 Å². The van der Waals surface area contributed by atoms with Crippen LogP contribution >= 0.6 is 0 Å². The summed E-state index contributed by atoms with van der Waals surface area (Å²) in [5.74, 6) is 1.85. The molecule has 0 aliphatic heterocycles. The first-order valence-corrected chi connectivity index (χ1v) is 5.50. The Labute approximate surface area is 101 Å². The number of ether oxygens (including phenoxy) is 1. The molecule has 0 unspecified atom stereocenters. The molecule has 1 aromatic heterocycles. The van der Waals surface area contributed by atoms with E-state index >= 15 is 0 Å². The number of hydrogen-bond acceptors (Lipinski definition) is 4. The summed E-state index contributed by atoms with van der Waals surface area (Å²) in [6, 6.07) is 7.59. The van der Waals surface area contributed by atoms with E-state index in [9.17, 15) is 0 Å².